The second-order valence-corrected chi connectivity index (χ2v) is 6.47. The van der Waals surface area contributed by atoms with Crippen molar-refractivity contribution in [3.8, 4) is 5.69 Å². The van der Waals surface area contributed by atoms with Crippen molar-refractivity contribution >= 4 is 28.6 Å². The van der Waals surface area contributed by atoms with E-state index in [1.807, 2.05) is 38.1 Å². The van der Waals surface area contributed by atoms with Crippen LogP contribution in [0.5, 0.6) is 0 Å². The summed E-state index contributed by atoms with van der Waals surface area (Å²) in [6.07, 6.45) is 0. The molecule has 0 aliphatic heterocycles. The number of para-hydroxylation sites is 1. The lowest BCUT2D eigenvalue weighted by Crippen LogP contribution is -2.23. The molecular weight excluding hydrogens is 324 g/mol. The molecule has 1 N–H and O–H groups in total. The number of thioether (sulfide) groups is 1. The number of nitrogens with zero attached hydrogens (tertiary/aromatic N) is 2. The summed E-state index contributed by atoms with van der Waals surface area (Å²) >= 11 is 1.04. The molecule has 0 unspecified atom stereocenters. The topological polar surface area (TPSA) is 72.2 Å². The Hall–Kier alpha value is -2.60. The first-order valence-corrected chi connectivity index (χ1v) is 8.40. The maximum atomic E-state index is 13.0. The summed E-state index contributed by atoms with van der Waals surface area (Å²) < 4.78 is 1.50. The third-order valence-electron chi connectivity index (χ3n) is 3.66. The maximum Gasteiger partial charge on any atom is 0.313 e. The Morgan fingerprint density at radius 2 is 1.96 bits per heavy atom. The number of benzene rings is 2. The molecule has 0 bridgehead atoms. The fourth-order valence-corrected chi connectivity index (χ4v) is 3.33. The first-order chi connectivity index (χ1) is 11.5. The highest BCUT2D eigenvalue weighted by Crippen LogP contribution is 2.23. The van der Waals surface area contributed by atoms with Gasteiger partial charge in [0.1, 0.15) is 0 Å². The quantitative estimate of drug-likeness (QED) is 0.583. The Labute approximate surface area is 143 Å². The second kappa shape index (κ2) is 6.49. The maximum absolute atomic E-state index is 13.0. The van der Waals surface area contributed by atoms with Crippen molar-refractivity contribution in [3.05, 3.63) is 63.9 Å². The monoisotopic (exact) mass is 340 g/mol. The van der Waals surface area contributed by atoms with Crippen LogP contribution in [-0.4, -0.2) is 26.4 Å². The van der Waals surface area contributed by atoms with E-state index in [4.69, 9.17) is 5.11 Å². The molecule has 0 spiro atoms. The number of hydrogen-bond acceptors (Lipinski definition) is 4. The fraction of sp³-hybridized carbons (Fsp3) is 0.167. The van der Waals surface area contributed by atoms with E-state index in [1.54, 1.807) is 18.2 Å². The van der Waals surface area contributed by atoms with Crippen LogP contribution in [-0.2, 0) is 4.79 Å². The molecule has 1 heterocycles. The van der Waals surface area contributed by atoms with Crippen LogP contribution in [0.25, 0.3) is 16.6 Å². The van der Waals surface area contributed by atoms with Crippen molar-refractivity contribution in [3.63, 3.8) is 0 Å². The number of aliphatic carboxylic acids is 1. The van der Waals surface area contributed by atoms with Gasteiger partial charge in [0.05, 0.1) is 22.3 Å². The van der Waals surface area contributed by atoms with E-state index in [0.29, 0.717) is 16.1 Å². The standard InChI is InChI=1S/C18H16N2O3S/c1-11-7-8-15(12(2)9-11)20-17(23)13-5-3-4-6-14(13)19-18(20)24-10-16(21)22/h3-9H,10H2,1-2H3,(H,21,22). The molecule has 0 saturated heterocycles. The molecule has 5 nitrogen and oxygen atoms in total. The Balaban J connectivity index is 2.30. The number of fused-ring (bicyclic) bond motifs is 1. The van der Waals surface area contributed by atoms with E-state index < -0.39 is 5.97 Å². The van der Waals surface area contributed by atoms with Crippen molar-refractivity contribution in [2.75, 3.05) is 5.75 Å². The van der Waals surface area contributed by atoms with Crippen molar-refractivity contribution in [1.82, 2.24) is 9.55 Å². The van der Waals surface area contributed by atoms with Gasteiger partial charge in [0.15, 0.2) is 5.16 Å². The van der Waals surface area contributed by atoms with E-state index >= 15 is 0 Å². The van der Waals surface area contributed by atoms with Crippen LogP contribution in [0.2, 0.25) is 0 Å². The van der Waals surface area contributed by atoms with E-state index in [1.165, 1.54) is 4.57 Å². The number of aromatic nitrogens is 2. The highest BCUT2D eigenvalue weighted by atomic mass is 32.2. The summed E-state index contributed by atoms with van der Waals surface area (Å²) in [5.74, 6) is -1.11. The Kier molecular flexibility index (Phi) is 4.40. The van der Waals surface area contributed by atoms with Gasteiger partial charge in [0, 0.05) is 0 Å². The third kappa shape index (κ3) is 3.05. The molecule has 0 aliphatic rings. The lowest BCUT2D eigenvalue weighted by molar-refractivity contribution is -0.133. The van der Waals surface area contributed by atoms with Crippen molar-refractivity contribution in [2.24, 2.45) is 0 Å². The van der Waals surface area contributed by atoms with Crippen molar-refractivity contribution in [2.45, 2.75) is 19.0 Å². The van der Waals surface area contributed by atoms with Crippen LogP contribution in [0.1, 0.15) is 11.1 Å². The molecule has 3 rings (SSSR count). The number of rotatable bonds is 4. The summed E-state index contributed by atoms with van der Waals surface area (Å²) in [6, 6.07) is 12.9. The smallest absolute Gasteiger partial charge is 0.313 e. The molecule has 0 atom stereocenters. The molecule has 3 aromatic rings. The molecule has 0 aliphatic carbocycles. The minimum Gasteiger partial charge on any atom is -0.481 e. The van der Waals surface area contributed by atoms with Gasteiger partial charge in [-0.25, -0.2) is 4.98 Å². The first-order valence-electron chi connectivity index (χ1n) is 7.41. The normalized spacial score (nSPS) is 10.9. The highest BCUT2D eigenvalue weighted by Gasteiger charge is 2.15. The largest absolute Gasteiger partial charge is 0.481 e. The summed E-state index contributed by atoms with van der Waals surface area (Å²) in [6.45, 7) is 3.91. The van der Waals surface area contributed by atoms with Gasteiger partial charge < -0.3 is 5.11 Å². The van der Waals surface area contributed by atoms with E-state index in [-0.39, 0.29) is 11.3 Å². The van der Waals surface area contributed by atoms with Gasteiger partial charge in [-0.2, -0.15) is 0 Å². The summed E-state index contributed by atoms with van der Waals surface area (Å²) in [4.78, 5) is 28.4. The summed E-state index contributed by atoms with van der Waals surface area (Å²) in [5.41, 5.74) is 3.12. The van der Waals surface area contributed by atoms with Gasteiger partial charge in [-0.15, -0.1) is 0 Å². The molecule has 0 saturated carbocycles. The second-order valence-electron chi connectivity index (χ2n) is 5.52. The fourth-order valence-electron chi connectivity index (χ4n) is 2.60. The number of carbonyl (C=O) groups is 1. The zero-order valence-electron chi connectivity index (χ0n) is 13.3. The predicted octanol–water partition coefficient (Wildman–Crippen LogP) is 3.18. The summed E-state index contributed by atoms with van der Waals surface area (Å²) in [5, 5.41) is 9.87. The first kappa shape index (κ1) is 16.3. The van der Waals surface area contributed by atoms with Gasteiger partial charge in [-0.1, -0.05) is 41.6 Å². The minimum atomic E-state index is -0.949. The van der Waals surface area contributed by atoms with E-state index in [2.05, 4.69) is 4.98 Å². The highest BCUT2D eigenvalue weighted by molar-refractivity contribution is 7.99. The number of carboxylic acid groups (broad SMARTS) is 1. The van der Waals surface area contributed by atoms with Gasteiger partial charge in [0.25, 0.3) is 5.56 Å². The zero-order valence-corrected chi connectivity index (χ0v) is 14.1. The van der Waals surface area contributed by atoms with Crippen LogP contribution < -0.4 is 5.56 Å². The number of hydrogen-bond donors (Lipinski definition) is 1. The predicted molar refractivity (Wildman–Crippen MR) is 95.2 cm³/mol. The van der Waals surface area contributed by atoms with E-state index in [0.717, 1.165) is 28.6 Å². The third-order valence-corrected chi connectivity index (χ3v) is 4.59. The average Bonchev–Trinajstić information content (AvgIpc) is 2.54. The Morgan fingerprint density at radius 3 is 2.67 bits per heavy atom. The van der Waals surface area contributed by atoms with Crippen molar-refractivity contribution in [1.29, 1.82) is 0 Å². The molecule has 2 aromatic carbocycles. The van der Waals surface area contributed by atoms with Crippen LogP contribution in [0.15, 0.2) is 52.4 Å². The van der Waals surface area contributed by atoms with Gasteiger partial charge in [0.2, 0.25) is 0 Å². The molecule has 0 amide bonds. The van der Waals surface area contributed by atoms with Gasteiger partial charge in [-0.3, -0.25) is 14.2 Å². The van der Waals surface area contributed by atoms with Crippen LogP contribution in [0, 0.1) is 13.8 Å². The van der Waals surface area contributed by atoms with Gasteiger partial charge >= 0.3 is 5.97 Å². The molecule has 122 valence electrons. The molecular formula is C18H16N2O3S. The zero-order chi connectivity index (χ0) is 17.3. The Morgan fingerprint density at radius 1 is 1.21 bits per heavy atom. The SMILES string of the molecule is Cc1ccc(-n2c(SCC(=O)O)nc3ccccc3c2=O)c(C)c1. The van der Waals surface area contributed by atoms with Crippen LogP contribution in [0.3, 0.4) is 0 Å². The molecule has 6 heteroatoms. The molecule has 0 fully saturated rings. The van der Waals surface area contributed by atoms with Crippen molar-refractivity contribution < 1.29 is 9.90 Å². The van der Waals surface area contributed by atoms with Crippen LogP contribution in [0.4, 0.5) is 0 Å². The lowest BCUT2D eigenvalue weighted by Gasteiger charge is -2.15. The minimum absolute atomic E-state index is 0.157. The van der Waals surface area contributed by atoms with Crippen LogP contribution >= 0.6 is 11.8 Å². The summed E-state index contributed by atoms with van der Waals surface area (Å²) in [7, 11) is 0. The van der Waals surface area contributed by atoms with Gasteiger partial charge in [-0.05, 0) is 37.6 Å². The molecule has 1 aromatic heterocycles. The number of carboxylic acids is 1. The Bertz CT molecular complexity index is 995. The molecule has 0 radical (unpaired) electrons. The lowest BCUT2D eigenvalue weighted by atomic mass is 10.1. The van der Waals surface area contributed by atoms with E-state index in [9.17, 15) is 9.59 Å². The average molecular weight is 340 g/mol. The molecule has 24 heavy (non-hydrogen) atoms. The number of aryl methyl sites for hydroxylation is 2.